The molecule has 0 aliphatic carbocycles. The highest BCUT2D eigenvalue weighted by molar-refractivity contribution is 6.31. The van der Waals surface area contributed by atoms with Gasteiger partial charge in [-0.2, -0.15) is 0 Å². The average molecular weight is 587 g/mol. The molecule has 0 saturated carbocycles. The maximum atomic E-state index is 15.1. The van der Waals surface area contributed by atoms with Crippen molar-refractivity contribution in [2.45, 2.75) is 26.9 Å². The highest BCUT2D eigenvalue weighted by Gasteiger charge is 2.26. The third kappa shape index (κ3) is 5.70. The van der Waals surface area contributed by atoms with Crippen LogP contribution in [0, 0.1) is 5.82 Å². The molecular weight excluding hydrogens is 555 g/mol. The molecule has 8 nitrogen and oxygen atoms in total. The number of carbonyl (C=O) groups is 1. The van der Waals surface area contributed by atoms with Crippen molar-refractivity contribution in [3.8, 4) is 17.0 Å². The second kappa shape index (κ2) is 12.3. The van der Waals surface area contributed by atoms with Crippen LogP contribution in [0.2, 0.25) is 5.02 Å². The fourth-order valence-corrected chi connectivity index (χ4v) is 5.40. The monoisotopic (exact) mass is 586 g/mol. The standard InChI is InChI=1S/C31H28ClFN6O2.CH4/c1-18-17-39(13-12-34-18)30(40)19-6-9-22(10-7-19)37-31-36-16-20-15-35-29(27-25(33)4-3-5-26(27)41-2)24-14-21(32)8-11-23(24)28(20)38-31;/h3-11,14,16,18,34H,12-13,15,17H2,1-2H3,(H,36,37,38);1H4. The molecule has 10 heteroatoms. The second-order valence-corrected chi connectivity index (χ2v) is 10.5. The van der Waals surface area contributed by atoms with E-state index in [1.807, 2.05) is 23.1 Å². The molecule has 1 fully saturated rings. The van der Waals surface area contributed by atoms with Crippen molar-refractivity contribution in [2.24, 2.45) is 4.99 Å². The van der Waals surface area contributed by atoms with Crippen molar-refractivity contribution >= 4 is 34.9 Å². The van der Waals surface area contributed by atoms with Gasteiger partial charge in [-0.25, -0.2) is 14.4 Å². The minimum absolute atomic E-state index is 0. The first-order chi connectivity index (χ1) is 19.9. The summed E-state index contributed by atoms with van der Waals surface area (Å²) in [4.78, 5) is 28.9. The third-order valence-electron chi connectivity index (χ3n) is 7.24. The Bertz CT molecular complexity index is 1660. The SMILES string of the molecule is C.COc1cccc(F)c1C1=NCc2cnc(Nc3ccc(C(=O)N4CCNC(C)C4)cc3)nc2-c2ccc(Cl)cc21. The van der Waals surface area contributed by atoms with E-state index < -0.39 is 5.82 Å². The summed E-state index contributed by atoms with van der Waals surface area (Å²) >= 11 is 6.40. The molecule has 4 aromatic rings. The number of nitrogens with one attached hydrogen (secondary N) is 2. The van der Waals surface area contributed by atoms with Crippen LogP contribution in [0.1, 0.15) is 41.4 Å². The number of fused-ring (bicyclic) bond motifs is 3. The van der Waals surface area contributed by atoms with Crippen LogP contribution in [-0.4, -0.2) is 59.3 Å². The van der Waals surface area contributed by atoms with Gasteiger partial charge in [0.25, 0.3) is 5.91 Å². The molecule has 3 aromatic carbocycles. The number of piperazine rings is 1. The van der Waals surface area contributed by atoms with Gasteiger partial charge in [-0.1, -0.05) is 31.2 Å². The lowest BCUT2D eigenvalue weighted by Crippen LogP contribution is -2.51. The lowest BCUT2D eigenvalue weighted by molar-refractivity contribution is 0.0709. The number of amides is 1. The predicted octanol–water partition coefficient (Wildman–Crippen LogP) is 6.11. The van der Waals surface area contributed by atoms with E-state index in [0.717, 1.165) is 23.4 Å². The van der Waals surface area contributed by atoms with Gasteiger partial charge in [0.05, 0.1) is 30.6 Å². The molecule has 0 spiro atoms. The number of nitrogens with zero attached hydrogens (tertiary/aromatic N) is 4. The summed E-state index contributed by atoms with van der Waals surface area (Å²) in [5.74, 6) is 0.333. The molecule has 0 bridgehead atoms. The van der Waals surface area contributed by atoms with Gasteiger partial charge in [0, 0.05) is 64.8 Å². The number of rotatable bonds is 5. The Morgan fingerprint density at radius 3 is 2.71 bits per heavy atom. The van der Waals surface area contributed by atoms with E-state index >= 15 is 4.39 Å². The first-order valence-corrected chi connectivity index (χ1v) is 13.7. The van der Waals surface area contributed by atoms with Crippen molar-refractivity contribution in [1.29, 1.82) is 0 Å². The van der Waals surface area contributed by atoms with E-state index in [1.165, 1.54) is 13.2 Å². The zero-order valence-electron chi connectivity index (χ0n) is 22.6. The molecule has 1 atom stereocenters. The molecule has 3 heterocycles. The van der Waals surface area contributed by atoms with E-state index in [1.54, 1.807) is 42.6 Å². The zero-order valence-corrected chi connectivity index (χ0v) is 23.4. The highest BCUT2D eigenvalue weighted by Crippen LogP contribution is 2.36. The Morgan fingerprint density at radius 1 is 1.14 bits per heavy atom. The van der Waals surface area contributed by atoms with E-state index in [-0.39, 0.29) is 31.5 Å². The molecule has 216 valence electrons. The van der Waals surface area contributed by atoms with Gasteiger partial charge in [0.15, 0.2) is 0 Å². The minimum Gasteiger partial charge on any atom is -0.496 e. The van der Waals surface area contributed by atoms with Crippen LogP contribution in [0.4, 0.5) is 16.0 Å². The van der Waals surface area contributed by atoms with Crippen LogP contribution in [0.15, 0.2) is 71.9 Å². The number of anilines is 2. The molecule has 1 aromatic heterocycles. The number of benzene rings is 3. The van der Waals surface area contributed by atoms with Gasteiger partial charge in [-0.15, -0.1) is 0 Å². The van der Waals surface area contributed by atoms with Crippen LogP contribution in [0.25, 0.3) is 11.3 Å². The Morgan fingerprint density at radius 2 is 1.95 bits per heavy atom. The van der Waals surface area contributed by atoms with Gasteiger partial charge in [-0.3, -0.25) is 9.79 Å². The van der Waals surface area contributed by atoms with Crippen molar-refractivity contribution in [2.75, 3.05) is 32.1 Å². The summed E-state index contributed by atoms with van der Waals surface area (Å²) < 4.78 is 20.6. The Hall–Kier alpha value is -4.34. The van der Waals surface area contributed by atoms with Crippen molar-refractivity contribution < 1.29 is 13.9 Å². The second-order valence-electron chi connectivity index (χ2n) is 10.0. The Balaban J connectivity index is 0.00000353. The number of halogens is 2. The zero-order chi connectivity index (χ0) is 28.5. The van der Waals surface area contributed by atoms with Crippen LogP contribution in [0.3, 0.4) is 0 Å². The largest absolute Gasteiger partial charge is 0.496 e. The van der Waals surface area contributed by atoms with Gasteiger partial charge in [-0.05, 0) is 55.5 Å². The van der Waals surface area contributed by atoms with E-state index in [0.29, 0.717) is 52.3 Å². The van der Waals surface area contributed by atoms with Crippen molar-refractivity contribution in [3.05, 3.63) is 100.0 Å². The molecular formula is C32H32ClFN6O2. The maximum Gasteiger partial charge on any atom is 0.253 e. The summed E-state index contributed by atoms with van der Waals surface area (Å²) in [6, 6.07) is 17.6. The predicted molar refractivity (Wildman–Crippen MR) is 165 cm³/mol. The quantitative estimate of drug-likeness (QED) is 0.293. The highest BCUT2D eigenvalue weighted by atomic mass is 35.5. The number of ether oxygens (including phenoxy) is 1. The van der Waals surface area contributed by atoms with Crippen molar-refractivity contribution in [3.63, 3.8) is 0 Å². The molecule has 42 heavy (non-hydrogen) atoms. The first-order valence-electron chi connectivity index (χ1n) is 13.3. The lowest BCUT2D eigenvalue weighted by atomic mass is 9.94. The van der Waals surface area contributed by atoms with Crippen LogP contribution >= 0.6 is 11.6 Å². The average Bonchev–Trinajstić information content (AvgIpc) is 3.13. The fourth-order valence-electron chi connectivity index (χ4n) is 5.23. The molecule has 2 aliphatic heterocycles. The van der Waals surface area contributed by atoms with Crippen LogP contribution in [-0.2, 0) is 6.54 Å². The maximum absolute atomic E-state index is 15.1. The summed E-state index contributed by atoms with van der Waals surface area (Å²) in [6.07, 6.45) is 1.72. The fraction of sp³-hybridized carbons (Fsp3) is 0.250. The molecule has 2 aliphatic rings. The third-order valence-corrected chi connectivity index (χ3v) is 7.48. The lowest BCUT2D eigenvalue weighted by Gasteiger charge is -2.32. The molecule has 1 unspecified atom stereocenters. The van der Waals surface area contributed by atoms with Crippen molar-refractivity contribution in [1.82, 2.24) is 20.2 Å². The number of aliphatic imine (C=N–C) groups is 1. The number of methoxy groups -OCH3 is 1. The van der Waals surface area contributed by atoms with Gasteiger partial charge < -0.3 is 20.3 Å². The Labute approximate surface area is 249 Å². The van der Waals surface area contributed by atoms with Gasteiger partial charge in [0.1, 0.15) is 11.6 Å². The number of aromatic nitrogens is 2. The van der Waals surface area contributed by atoms with Gasteiger partial charge >= 0.3 is 0 Å². The molecule has 6 rings (SSSR count). The summed E-state index contributed by atoms with van der Waals surface area (Å²) in [5, 5.41) is 7.09. The summed E-state index contributed by atoms with van der Waals surface area (Å²) in [6.45, 7) is 4.48. The molecule has 0 radical (unpaired) electrons. The number of carbonyl (C=O) groups excluding carboxylic acids is 1. The number of hydrogen-bond donors (Lipinski definition) is 2. The van der Waals surface area contributed by atoms with E-state index in [4.69, 9.17) is 26.3 Å². The first kappa shape index (κ1) is 29.2. The Kier molecular flexibility index (Phi) is 8.51. The van der Waals surface area contributed by atoms with Gasteiger partial charge in [0.2, 0.25) is 5.95 Å². The smallest absolute Gasteiger partial charge is 0.253 e. The number of hydrogen-bond acceptors (Lipinski definition) is 7. The topological polar surface area (TPSA) is 91.7 Å². The normalized spacial score (nSPS) is 15.9. The summed E-state index contributed by atoms with van der Waals surface area (Å²) in [5.41, 5.74) is 4.93. The minimum atomic E-state index is -0.443. The van der Waals surface area contributed by atoms with E-state index in [2.05, 4.69) is 22.5 Å². The molecule has 1 saturated heterocycles. The summed E-state index contributed by atoms with van der Waals surface area (Å²) in [7, 11) is 1.50. The molecule has 2 N–H and O–H groups in total. The van der Waals surface area contributed by atoms with Crippen LogP contribution < -0.4 is 15.4 Å². The van der Waals surface area contributed by atoms with Crippen LogP contribution in [0.5, 0.6) is 5.75 Å². The molecule has 1 amide bonds. The van der Waals surface area contributed by atoms with E-state index in [9.17, 15) is 4.79 Å².